The standard InChI is InChI=1S/C32H31N5O6/c38-18-32(24(39)16-21-10-4-1-5-11-21)31(42,17-22-12-6-2-7-13-22)26(40)30(43-32)37-20-35-25-27(33-19-34-28(25)37)36-29(41)23-14-8-3-9-15-23/h1-15,19-20,24,26,30,38-40,42H,16-18H2,(H,33,34,36,41)/t24?,26-,30+,31-,32+/m0/s1. The van der Waals surface area contributed by atoms with Crippen molar-refractivity contribution in [1.29, 1.82) is 0 Å². The molecule has 0 bridgehead atoms. The summed E-state index contributed by atoms with van der Waals surface area (Å²) in [7, 11) is 0. The summed E-state index contributed by atoms with van der Waals surface area (Å²) in [6.45, 7) is -0.794. The zero-order chi connectivity index (χ0) is 30.0. The van der Waals surface area contributed by atoms with Crippen LogP contribution in [0, 0.1) is 0 Å². The van der Waals surface area contributed by atoms with Crippen LogP contribution in [0.15, 0.2) is 104 Å². The highest BCUT2D eigenvalue weighted by Gasteiger charge is 2.68. The molecule has 43 heavy (non-hydrogen) atoms. The van der Waals surface area contributed by atoms with Crippen LogP contribution in [0.4, 0.5) is 5.82 Å². The highest BCUT2D eigenvalue weighted by atomic mass is 16.6. The Labute approximate surface area is 247 Å². The maximum atomic E-state index is 12.8. The van der Waals surface area contributed by atoms with Crippen molar-refractivity contribution in [3.63, 3.8) is 0 Å². The Balaban J connectivity index is 1.39. The second-order valence-electron chi connectivity index (χ2n) is 10.7. The molecular weight excluding hydrogens is 550 g/mol. The van der Waals surface area contributed by atoms with Gasteiger partial charge in [-0.1, -0.05) is 78.9 Å². The van der Waals surface area contributed by atoms with Gasteiger partial charge in [-0.3, -0.25) is 9.36 Å². The number of carbonyl (C=O) groups is 1. The molecule has 6 rings (SSSR count). The Bertz CT molecular complexity index is 1700. The zero-order valence-corrected chi connectivity index (χ0v) is 23.1. The van der Waals surface area contributed by atoms with Crippen LogP contribution in [0.25, 0.3) is 11.2 Å². The van der Waals surface area contributed by atoms with E-state index in [1.807, 2.05) is 36.4 Å². The molecule has 1 fully saturated rings. The molecule has 1 unspecified atom stereocenters. The molecule has 5 aromatic rings. The van der Waals surface area contributed by atoms with Gasteiger partial charge >= 0.3 is 0 Å². The fourth-order valence-corrected chi connectivity index (χ4v) is 5.79. The van der Waals surface area contributed by atoms with Crippen molar-refractivity contribution < 1.29 is 30.0 Å². The lowest BCUT2D eigenvalue weighted by atomic mass is 9.72. The number of hydrogen-bond donors (Lipinski definition) is 5. The molecule has 5 N–H and O–H groups in total. The van der Waals surface area contributed by atoms with Gasteiger partial charge in [-0.15, -0.1) is 0 Å². The van der Waals surface area contributed by atoms with E-state index in [0.717, 1.165) is 5.56 Å². The van der Waals surface area contributed by atoms with Crippen LogP contribution < -0.4 is 5.32 Å². The SMILES string of the molecule is O=C(Nc1ncnc2c1ncn2[C@@H]1O[C@](CO)(C(O)Cc2ccccc2)[C@](O)(Cc2ccccc2)[C@H]1O)c1ccccc1. The number of fused-ring (bicyclic) bond motifs is 1. The third kappa shape index (κ3) is 5.07. The summed E-state index contributed by atoms with van der Waals surface area (Å²) < 4.78 is 7.76. The van der Waals surface area contributed by atoms with Crippen LogP contribution in [0.5, 0.6) is 0 Å². The molecule has 3 heterocycles. The predicted octanol–water partition coefficient (Wildman–Crippen LogP) is 2.28. The summed E-state index contributed by atoms with van der Waals surface area (Å²) in [5.74, 6) is -0.255. The minimum atomic E-state index is -2.14. The Hall–Kier alpha value is -4.52. The number of benzene rings is 3. The van der Waals surface area contributed by atoms with Crippen LogP contribution in [0.2, 0.25) is 0 Å². The molecule has 1 aliphatic rings. The van der Waals surface area contributed by atoms with Gasteiger partial charge in [0.1, 0.15) is 18.0 Å². The lowest BCUT2D eigenvalue weighted by molar-refractivity contribution is -0.216. The van der Waals surface area contributed by atoms with E-state index in [4.69, 9.17) is 4.74 Å². The molecule has 0 aliphatic carbocycles. The summed E-state index contributed by atoms with van der Waals surface area (Å²) in [4.78, 5) is 25.7. The number of carbonyl (C=O) groups excluding carboxylic acids is 1. The van der Waals surface area contributed by atoms with Gasteiger partial charge in [0, 0.05) is 18.4 Å². The number of aliphatic hydroxyl groups is 4. The summed E-state index contributed by atoms with van der Waals surface area (Å²) in [6, 6.07) is 26.7. The summed E-state index contributed by atoms with van der Waals surface area (Å²) in [5.41, 5.74) is -1.87. The van der Waals surface area contributed by atoms with E-state index >= 15 is 0 Å². The Morgan fingerprint density at radius 2 is 1.56 bits per heavy atom. The van der Waals surface area contributed by atoms with Gasteiger partial charge in [-0.05, 0) is 23.3 Å². The van der Waals surface area contributed by atoms with Crippen LogP contribution in [-0.4, -0.2) is 75.9 Å². The molecule has 0 saturated carbocycles. The van der Waals surface area contributed by atoms with E-state index in [1.54, 1.807) is 54.6 Å². The van der Waals surface area contributed by atoms with Gasteiger partial charge in [-0.2, -0.15) is 0 Å². The highest BCUT2D eigenvalue weighted by molar-refractivity contribution is 6.06. The minimum absolute atomic E-state index is 0.0421. The summed E-state index contributed by atoms with van der Waals surface area (Å²) in [6.07, 6.45) is -1.87. The van der Waals surface area contributed by atoms with Gasteiger partial charge in [0.2, 0.25) is 0 Å². The molecule has 5 atom stereocenters. The Morgan fingerprint density at radius 1 is 0.930 bits per heavy atom. The average Bonchev–Trinajstić information content (AvgIpc) is 3.56. The molecule has 1 saturated heterocycles. The number of rotatable bonds is 9. The minimum Gasteiger partial charge on any atom is -0.393 e. The number of ether oxygens (including phenoxy) is 1. The van der Waals surface area contributed by atoms with Crippen molar-refractivity contribution in [2.24, 2.45) is 0 Å². The third-order valence-electron chi connectivity index (χ3n) is 8.09. The third-order valence-corrected chi connectivity index (χ3v) is 8.09. The van der Waals surface area contributed by atoms with Crippen molar-refractivity contribution >= 4 is 22.9 Å². The van der Waals surface area contributed by atoms with E-state index in [1.165, 1.54) is 17.2 Å². The van der Waals surface area contributed by atoms with Gasteiger partial charge in [0.25, 0.3) is 5.91 Å². The average molecular weight is 582 g/mol. The molecule has 1 amide bonds. The number of hydrogen-bond acceptors (Lipinski definition) is 9. The van der Waals surface area contributed by atoms with E-state index in [2.05, 4.69) is 20.3 Å². The predicted molar refractivity (Wildman–Crippen MR) is 157 cm³/mol. The maximum absolute atomic E-state index is 12.8. The van der Waals surface area contributed by atoms with Gasteiger partial charge in [0.05, 0.1) is 19.0 Å². The number of imidazole rings is 1. The second kappa shape index (κ2) is 11.6. The van der Waals surface area contributed by atoms with Crippen LogP contribution in [-0.2, 0) is 17.6 Å². The molecule has 3 aromatic carbocycles. The molecule has 0 radical (unpaired) electrons. The van der Waals surface area contributed by atoms with Gasteiger partial charge in [-0.25, -0.2) is 15.0 Å². The normalized spacial score (nSPS) is 24.2. The lowest BCUT2D eigenvalue weighted by Gasteiger charge is -2.43. The first-order valence-corrected chi connectivity index (χ1v) is 13.9. The Kier molecular flexibility index (Phi) is 7.74. The largest absolute Gasteiger partial charge is 0.393 e. The van der Waals surface area contributed by atoms with Crippen LogP contribution in [0.1, 0.15) is 27.7 Å². The quantitative estimate of drug-likeness (QED) is 0.176. The van der Waals surface area contributed by atoms with Crippen molar-refractivity contribution in [1.82, 2.24) is 19.5 Å². The first-order chi connectivity index (χ1) is 20.9. The van der Waals surface area contributed by atoms with Gasteiger partial charge in [0.15, 0.2) is 28.8 Å². The first kappa shape index (κ1) is 28.6. The van der Waals surface area contributed by atoms with Crippen molar-refractivity contribution in [2.75, 3.05) is 11.9 Å². The highest BCUT2D eigenvalue weighted by Crippen LogP contribution is 2.49. The van der Waals surface area contributed by atoms with E-state index < -0.39 is 42.2 Å². The molecule has 11 nitrogen and oxygen atoms in total. The lowest BCUT2D eigenvalue weighted by Crippen LogP contribution is -2.66. The fraction of sp³-hybridized carbons (Fsp3) is 0.250. The number of nitrogens with one attached hydrogen (secondary N) is 1. The molecule has 11 heteroatoms. The molecule has 1 aliphatic heterocycles. The van der Waals surface area contributed by atoms with Crippen molar-refractivity contribution in [3.05, 3.63) is 120 Å². The smallest absolute Gasteiger partial charge is 0.256 e. The maximum Gasteiger partial charge on any atom is 0.256 e. The van der Waals surface area contributed by atoms with E-state index in [9.17, 15) is 25.2 Å². The number of aromatic nitrogens is 4. The molecular formula is C32H31N5O6. The monoisotopic (exact) mass is 581 g/mol. The number of nitrogens with zero attached hydrogens (tertiary/aromatic N) is 4. The van der Waals surface area contributed by atoms with Crippen LogP contribution >= 0.6 is 0 Å². The Morgan fingerprint density at radius 3 is 2.21 bits per heavy atom. The van der Waals surface area contributed by atoms with E-state index in [0.29, 0.717) is 11.1 Å². The first-order valence-electron chi connectivity index (χ1n) is 13.9. The topological polar surface area (TPSA) is 163 Å². The summed E-state index contributed by atoms with van der Waals surface area (Å²) in [5, 5.41) is 49.3. The molecule has 2 aromatic heterocycles. The molecule has 0 spiro atoms. The number of amides is 1. The van der Waals surface area contributed by atoms with Crippen LogP contribution in [0.3, 0.4) is 0 Å². The second-order valence-corrected chi connectivity index (χ2v) is 10.7. The van der Waals surface area contributed by atoms with E-state index in [-0.39, 0.29) is 29.8 Å². The summed E-state index contributed by atoms with van der Waals surface area (Å²) >= 11 is 0. The zero-order valence-electron chi connectivity index (χ0n) is 23.1. The van der Waals surface area contributed by atoms with Gasteiger partial charge < -0.3 is 30.5 Å². The number of aliphatic hydroxyl groups excluding tert-OH is 3. The number of anilines is 1. The van der Waals surface area contributed by atoms with Crippen molar-refractivity contribution in [2.45, 2.75) is 42.5 Å². The molecule has 220 valence electrons. The fourth-order valence-electron chi connectivity index (χ4n) is 5.79. The van der Waals surface area contributed by atoms with Crippen molar-refractivity contribution in [3.8, 4) is 0 Å².